The summed E-state index contributed by atoms with van der Waals surface area (Å²) in [6.07, 6.45) is 3.59. The molecule has 3 rings (SSSR count). The summed E-state index contributed by atoms with van der Waals surface area (Å²) >= 11 is 9.20. The van der Waals surface area contributed by atoms with Gasteiger partial charge in [0.15, 0.2) is 5.11 Å². The van der Waals surface area contributed by atoms with Crippen molar-refractivity contribution in [3.05, 3.63) is 88.4 Å². The number of rotatable bonds is 5. The molecule has 2 heterocycles. The summed E-state index contributed by atoms with van der Waals surface area (Å²) in [7, 11) is 0. The van der Waals surface area contributed by atoms with Crippen LogP contribution in [0.5, 0.6) is 0 Å². The monoisotopic (exact) mass is 426 g/mol. The lowest BCUT2D eigenvalue weighted by Crippen LogP contribution is -2.34. The van der Waals surface area contributed by atoms with E-state index >= 15 is 0 Å². The molecule has 26 heavy (non-hydrogen) atoms. The van der Waals surface area contributed by atoms with Crippen LogP contribution >= 0.6 is 28.1 Å². The van der Waals surface area contributed by atoms with Gasteiger partial charge in [0, 0.05) is 22.6 Å². The van der Waals surface area contributed by atoms with Crippen molar-refractivity contribution in [2.75, 3.05) is 5.32 Å². The van der Waals surface area contributed by atoms with Gasteiger partial charge in [-0.3, -0.25) is 9.97 Å². The van der Waals surface area contributed by atoms with Crippen molar-refractivity contribution in [1.82, 2.24) is 14.9 Å². The van der Waals surface area contributed by atoms with Gasteiger partial charge >= 0.3 is 0 Å². The van der Waals surface area contributed by atoms with Crippen molar-refractivity contribution in [3.8, 4) is 0 Å². The molecule has 0 saturated carbocycles. The van der Waals surface area contributed by atoms with Crippen LogP contribution in [0.2, 0.25) is 0 Å². The second-order valence-corrected chi connectivity index (χ2v) is 7.13. The molecule has 0 fully saturated rings. The largest absolute Gasteiger partial charge is 0.337 e. The summed E-state index contributed by atoms with van der Waals surface area (Å²) in [6.45, 7) is 3.27. The van der Waals surface area contributed by atoms with Crippen LogP contribution < -0.4 is 5.32 Å². The first kappa shape index (κ1) is 18.5. The van der Waals surface area contributed by atoms with Crippen molar-refractivity contribution in [1.29, 1.82) is 0 Å². The maximum Gasteiger partial charge on any atom is 0.174 e. The van der Waals surface area contributed by atoms with E-state index < -0.39 is 0 Å². The molecule has 0 aliphatic rings. The van der Waals surface area contributed by atoms with E-state index in [0.717, 1.165) is 27.1 Å². The third kappa shape index (κ3) is 5.09. The van der Waals surface area contributed by atoms with Gasteiger partial charge in [-0.05, 0) is 67.2 Å². The minimum absolute atomic E-state index is 0.610. The van der Waals surface area contributed by atoms with Gasteiger partial charge in [-0.2, -0.15) is 0 Å². The van der Waals surface area contributed by atoms with E-state index in [1.54, 1.807) is 12.4 Å². The lowest BCUT2D eigenvalue weighted by Gasteiger charge is -2.25. The predicted molar refractivity (Wildman–Crippen MR) is 113 cm³/mol. The van der Waals surface area contributed by atoms with Gasteiger partial charge in [-0.15, -0.1) is 0 Å². The first-order valence-corrected chi connectivity index (χ1v) is 9.44. The van der Waals surface area contributed by atoms with Gasteiger partial charge in [-0.25, -0.2) is 0 Å². The molecule has 0 atom stereocenters. The lowest BCUT2D eigenvalue weighted by atomic mass is 10.2. The summed E-state index contributed by atoms with van der Waals surface area (Å²) in [5.74, 6) is 0. The number of aryl methyl sites for hydroxylation is 1. The van der Waals surface area contributed by atoms with Crippen LogP contribution in [0.25, 0.3) is 0 Å². The molecule has 0 radical (unpaired) electrons. The van der Waals surface area contributed by atoms with Crippen LogP contribution in [0.15, 0.2) is 71.5 Å². The normalized spacial score (nSPS) is 10.4. The van der Waals surface area contributed by atoms with E-state index in [1.165, 1.54) is 0 Å². The van der Waals surface area contributed by atoms with Crippen molar-refractivity contribution >= 4 is 38.9 Å². The fraction of sp³-hybridized carbons (Fsp3) is 0.150. The third-order valence-corrected chi connectivity index (χ3v) is 5.10. The fourth-order valence-electron chi connectivity index (χ4n) is 2.50. The Morgan fingerprint density at radius 2 is 1.62 bits per heavy atom. The summed E-state index contributed by atoms with van der Waals surface area (Å²) in [4.78, 5) is 10.9. The highest BCUT2D eigenvalue weighted by molar-refractivity contribution is 9.10. The SMILES string of the molecule is Cc1cc(NC(=S)N(Cc2ccccn2)Cc2ccccn2)ccc1Br. The number of anilines is 1. The Bertz CT molecular complexity index is 830. The van der Waals surface area contributed by atoms with Gasteiger partial charge < -0.3 is 10.2 Å². The topological polar surface area (TPSA) is 41.0 Å². The van der Waals surface area contributed by atoms with E-state index in [0.29, 0.717) is 18.2 Å². The highest BCUT2D eigenvalue weighted by Crippen LogP contribution is 2.20. The quantitative estimate of drug-likeness (QED) is 0.584. The number of thiocarbonyl (C=S) groups is 1. The zero-order valence-electron chi connectivity index (χ0n) is 14.4. The van der Waals surface area contributed by atoms with Gasteiger partial charge in [0.05, 0.1) is 24.5 Å². The maximum absolute atomic E-state index is 5.68. The molecular weight excluding hydrogens is 408 g/mol. The second-order valence-electron chi connectivity index (χ2n) is 5.89. The van der Waals surface area contributed by atoms with Crippen molar-refractivity contribution in [2.45, 2.75) is 20.0 Å². The van der Waals surface area contributed by atoms with Crippen LogP contribution in [0.1, 0.15) is 17.0 Å². The first-order valence-electron chi connectivity index (χ1n) is 8.24. The Hall–Kier alpha value is -2.31. The highest BCUT2D eigenvalue weighted by Gasteiger charge is 2.13. The number of nitrogens with one attached hydrogen (secondary N) is 1. The Morgan fingerprint density at radius 1 is 1.00 bits per heavy atom. The van der Waals surface area contributed by atoms with Crippen LogP contribution in [-0.4, -0.2) is 20.0 Å². The Morgan fingerprint density at radius 3 is 2.12 bits per heavy atom. The summed E-state index contributed by atoms with van der Waals surface area (Å²) < 4.78 is 1.08. The van der Waals surface area contributed by atoms with Gasteiger partial charge in [0.25, 0.3) is 0 Å². The molecule has 4 nitrogen and oxygen atoms in total. The Labute approximate surface area is 167 Å². The van der Waals surface area contributed by atoms with Crippen LogP contribution in [-0.2, 0) is 13.1 Å². The van der Waals surface area contributed by atoms with E-state index in [1.807, 2.05) is 48.5 Å². The third-order valence-electron chi connectivity index (χ3n) is 3.85. The smallest absolute Gasteiger partial charge is 0.174 e. The van der Waals surface area contributed by atoms with Crippen LogP contribution in [0, 0.1) is 6.92 Å². The minimum atomic E-state index is 0.610. The predicted octanol–water partition coefficient (Wildman–Crippen LogP) is 4.95. The molecule has 6 heteroatoms. The summed E-state index contributed by atoms with van der Waals surface area (Å²) in [6, 6.07) is 17.9. The second kappa shape index (κ2) is 8.87. The zero-order chi connectivity index (χ0) is 18.4. The molecule has 132 valence electrons. The molecule has 0 aliphatic carbocycles. The van der Waals surface area contributed by atoms with E-state index in [-0.39, 0.29) is 0 Å². The molecule has 0 bridgehead atoms. The average Bonchev–Trinajstić information content (AvgIpc) is 2.66. The minimum Gasteiger partial charge on any atom is -0.337 e. The summed E-state index contributed by atoms with van der Waals surface area (Å²) in [5, 5.41) is 3.97. The molecule has 1 aromatic carbocycles. The zero-order valence-corrected chi connectivity index (χ0v) is 16.8. The van der Waals surface area contributed by atoms with Gasteiger partial charge in [0.2, 0.25) is 0 Å². The van der Waals surface area contributed by atoms with Crippen molar-refractivity contribution in [2.24, 2.45) is 0 Å². The molecule has 0 unspecified atom stereocenters. The average molecular weight is 427 g/mol. The summed E-state index contributed by atoms with van der Waals surface area (Å²) in [5.41, 5.74) is 4.03. The number of hydrogen-bond donors (Lipinski definition) is 1. The number of nitrogens with zero attached hydrogens (tertiary/aromatic N) is 3. The number of pyridine rings is 2. The molecule has 1 N–H and O–H groups in total. The maximum atomic E-state index is 5.68. The molecule has 0 aliphatic heterocycles. The molecule has 0 saturated heterocycles. The number of hydrogen-bond acceptors (Lipinski definition) is 3. The van der Waals surface area contributed by atoms with Crippen LogP contribution in [0.3, 0.4) is 0 Å². The van der Waals surface area contributed by atoms with Crippen molar-refractivity contribution in [3.63, 3.8) is 0 Å². The van der Waals surface area contributed by atoms with Gasteiger partial charge in [-0.1, -0.05) is 28.1 Å². The first-order chi connectivity index (χ1) is 12.6. The molecular formula is C20H19BrN4S. The van der Waals surface area contributed by atoms with E-state index in [2.05, 4.69) is 49.1 Å². The van der Waals surface area contributed by atoms with Crippen molar-refractivity contribution < 1.29 is 0 Å². The van der Waals surface area contributed by atoms with E-state index in [9.17, 15) is 0 Å². The standard InChI is InChI=1S/C20H19BrN4S/c1-15-12-16(8-9-19(15)21)24-20(26)25(13-17-6-2-4-10-22-17)14-18-7-3-5-11-23-18/h2-12H,13-14H2,1H3,(H,24,26). The van der Waals surface area contributed by atoms with E-state index in [4.69, 9.17) is 12.2 Å². The molecule has 3 aromatic rings. The Kier molecular flexibility index (Phi) is 6.30. The number of aromatic nitrogens is 2. The fourth-order valence-corrected chi connectivity index (χ4v) is 2.99. The van der Waals surface area contributed by atoms with Gasteiger partial charge in [0.1, 0.15) is 0 Å². The Balaban J connectivity index is 1.78. The molecule has 2 aromatic heterocycles. The molecule has 0 amide bonds. The highest BCUT2D eigenvalue weighted by atomic mass is 79.9. The number of halogens is 1. The number of benzene rings is 1. The lowest BCUT2D eigenvalue weighted by molar-refractivity contribution is 0.402. The van der Waals surface area contributed by atoms with Crippen LogP contribution in [0.4, 0.5) is 5.69 Å². The molecule has 0 spiro atoms.